The molecule has 0 aromatic carbocycles. The summed E-state index contributed by atoms with van der Waals surface area (Å²) in [5.74, 6) is 0.230. The van der Waals surface area contributed by atoms with Gasteiger partial charge in [0, 0.05) is 24.2 Å². The molecule has 0 spiro atoms. The molecule has 3 rings (SSSR count). The van der Waals surface area contributed by atoms with Crippen molar-refractivity contribution in [1.29, 1.82) is 0 Å². The van der Waals surface area contributed by atoms with Crippen molar-refractivity contribution in [2.45, 2.75) is 13.0 Å². The Morgan fingerprint density at radius 3 is 3.00 bits per heavy atom. The van der Waals surface area contributed by atoms with Gasteiger partial charge >= 0.3 is 5.97 Å². The predicted molar refractivity (Wildman–Crippen MR) is 75.3 cm³/mol. The van der Waals surface area contributed by atoms with E-state index in [4.69, 9.17) is 0 Å². The van der Waals surface area contributed by atoms with E-state index in [0.717, 1.165) is 5.75 Å². The van der Waals surface area contributed by atoms with Crippen LogP contribution < -0.4 is 0 Å². The molecule has 1 fully saturated rings. The summed E-state index contributed by atoms with van der Waals surface area (Å²) in [6.45, 7) is 2.15. The van der Waals surface area contributed by atoms with Gasteiger partial charge in [-0.1, -0.05) is 0 Å². The average molecular weight is 307 g/mol. The number of thioether (sulfide) groups is 1. The molecular formula is C12H13N5O3S. The van der Waals surface area contributed by atoms with Gasteiger partial charge in [-0.25, -0.2) is 14.3 Å². The third-order valence-corrected chi connectivity index (χ3v) is 4.47. The third kappa shape index (κ3) is 2.33. The number of hydrogen-bond acceptors (Lipinski definition) is 6. The first-order chi connectivity index (χ1) is 10.1. The van der Waals surface area contributed by atoms with E-state index < -0.39 is 12.0 Å². The normalized spacial score (nSPS) is 18.9. The summed E-state index contributed by atoms with van der Waals surface area (Å²) in [5, 5.41) is 13.3. The zero-order chi connectivity index (χ0) is 15.0. The molecule has 1 N–H and O–H groups in total. The molecule has 1 aliphatic heterocycles. The lowest BCUT2D eigenvalue weighted by Gasteiger charge is -2.32. The van der Waals surface area contributed by atoms with Crippen LogP contribution in [0.25, 0.3) is 5.78 Å². The minimum Gasteiger partial charge on any atom is -0.480 e. The molecule has 8 nitrogen and oxygen atoms in total. The number of nitrogens with zero attached hydrogens (tertiary/aromatic N) is 5. The lowest BCUT2D eigenvalue weighted by Crippen LogP contribution is -2.50. The number of carboxylic acid groups (broad SMARTS) is 1. The Balaban J connectivity index is 1.99. The van der Waals surface area contributed by atoms with Crippen LogP contribution in [-0.2, 0) is 4.79 Å². The largest absolute Gasteiger partial charge is 0.480 e. The molecular weight excluding hydrogens is 294 g/mol. The molecule has 9 heteroatoms. The maximum atomic E-state index is 12.7. The maximum Gasteiger partial charge on any atom is 0.327 e. The Labute approximate surface area is 124 Å². The fraction of sp³-hybridized carbons (Fsp3) is 0.417. The zero-order valence-corrected chi connectivity index (χ0v) is 12.1. The van der Waals surface area contributed by atoms with Crippen molar-refractivity contribution >= 4 is 29.4 Å². The third-order valence-electron chi connectivity index (χ3n) is 3.45. The Bertz CT molecular complexity index is 716. The summed E-state index contributed by atoms with van der Waals surface area (Å²) in [6.07, 6.45) is 2.80. The molecule has 3 heterocycles. The van der Waals surface area contributed by atoms with E-state index >= 15 is 0 Å². The highest BCUT2D eigenvalue weighted by molar-refractivity contribution is 7.99. The van der Waals surface area contributed by atoms with Crippen LogP contribution >= 0.6 is 11.8 Å². The highest BCUT2D eigenvalue weighted by Crippen LogP contribution is 2.20. The molecule has 2 aromatic heterocycles. The van der Waals surface area contributed by atoms with E-state index in [0.29, 0.717) is 29.3 Å². The van der Waals surface area contributed by atoms with Crippen LogP contribution in [0, 0.1) is 6.92 Å². The number of amides is 1. The van der Waals surface area contributed by atoms with Crippen LogP contribution in [-0.4, -0.2) is 65.6 Å². The van der Waals surface area contributed by atoms with Crippen molar-refractivity contribution in [3.8, 4) is 0 Å². The van der Waals surface area contributed by atoms with Crippen LogP contribution in [0.15, 0.2) is 12.5 Å². The fourth-order valence-electron chi connectivity index (χ4n) is 2.31. The van der Waals surface area contributed by atoms with Gasteiger partial charge in [-0.05, 0) is 6.92 Å². The molecule has 1 aliphatic rings. The van der Waals surface area contributed by atoms with Crippen molar-refractivity contribution < 1.29 is 14.7 Å². The highest BCUT2D eigenvalue weighted by atomic mass is 32.2. The van der Waals surface area contributed by atoms with Crippen LogP contribution in [0.5, 0.6) is 0 Å². The van der Waals surface area contributed by atoms with Gasteiger partial charge in [0.05, 0.1) is 11.3 Å². The maximum absolute atomic E-state index is 12.7. The number of hydrogen-bond donors (Lipinski definition) is 1. The second-order valence-corrected chi connectivity index (χ2v) is 5.81. The topological polar surface area (TPSA) is 101 Å². The standard InChI is InChI=1S/C12H13N5O3S/c1-7-8(4-13-12-14-6-15-17(7)12)10(18)16-2-3-21-5-9(16)11(19)20/h4,6,9H,2-3,5H2,1H3,(H,19,20). The summed E-state index contributed by atoms with van der Waals surface area (Å²) in [7, 11) is 0. The molecule has 0 bridgehead atoms. The Morgan fingerprint density at radius 1 is 1.43 bits per heavy atom. The number of aliphatic carboxylic acids is 1. The number of rotatable bonds is 2. The summed E-state index contributed by atoms with van der Waals surface area (Å²) in [6, 6.07) is -0.804. The number of carbonyl (C=O) groups excluding carboxylic acids is 1. The van der Waals surface area contributed by atoms with E-state index in [1.54, 1.807) is 6.92 Å². The van der Waals surface area contributed by atoms with E-state index in [1.165, 1.54) is 33.7 Å². The highest BCUT2D eigenvalue weighted by Gasteiger charge is 2.33. The molecule has 1 saturated heterocycles. The molecule has 110 valence electrons. The van der Waals surface area contributed by atoms with Crippen molar-refractivity contribution in [3.05, 3.63) is 23.8 Å². The second kappa shape index (κ2) is 5.32. The van der Waals surface area contributed by atoms with Gasteiger partial charge < -0.3 is 10.0 Å². The predicted octanol–water partition coefficient (Wildman–Crippen LogP) is 0.0749. The van der Waals surface area contributed by atoms with Gasteiger partial charge in [0.15, 0.2) is 0 Å². The van der Waals surface area contributed by atoms with Gasteiger partial charge in [-0.2, -0.15) is 21.8 Å². The Morgan fingerprint density at radius 2 is 2.24 bits per heavy atom. The van der Waals surface area contributed by atoms with E-state index in [9.17, 15) is 14.7 Å². The van der Waals surface area contributed by atoms with Crippen molar-refractivity contribution in [3.63, 3.8) is 0 Å². The minimum atomic E-state index is -0.983. The lowest BCUT2D eigenvalue weighted by molar-refractivity contribution is -0.141. The molecule has 1 amide bonds. The molecule has 21 heavy (non-hydrogen) atoms. The van der Waals surface area contributed by atoms with Gasteiger partial charge in [0.2, 0.25) is 0 Å². The lowest BCUT2D eigenvalue weighted by atomic mass is 10.1. The quantitative estimate of drug-likeness (QED) is 0.838. The molecule has 0 radical (unpaired) electrons. The first-order valence-electron chi connectivity index (χ1n) is 6.36. The average Bonchev–Trinajstić information content (AvgIpc) is 2.96. The van der Waals surface area contributed by atoms with Gasteiger partial charge in [-0.15, -0.1) is 0 Å². The number of carbonyl (C=O) groups is 2. The van der Waals surface area contributed by atoms with Crippen molar-refractivity contribution in [2.24, 2.45) is 0 Å². The SMILES string of the molecule is Cc1c(C(=O)N2CCSCC2C(=O)O)cnc2ncnn12. The zero-order valence-electron chi connectivity index (χ0n) is 11.3. The number of aryl methyl sites for hydroxylation is 1. The van der Waals surface area contributed by atoms with Crippen LogP contribution in [0.1, 0.15) is 16.1 Å². The van der Waals surface area contributed by atoms with E-state index in [1.807, 2.05) is 0 Å². The molecule has 1 atom stereocenters. The van der Waals surface area contributed by atoms with E-state index in [2.05, 4.69) is 15.1 Å². The number of carboxylic acids is 1. The smallest absolute Gasteiger partial charge is 0.327 e. The van der Waals surface area contributed by atoms with Crippen LogP contribution in [0.3, 0.4) is 0 Å². The fourth-order valence-corrected chi connectivity index (χ4v) is 3.34. The summed E-state index contributed by atoms with van der Waals surface area (Å²) in [4.78, 5) is 33.4. The monoisotopic (exact) mass is 307 g/mol. The first-order valence-corrected chi connectivity index (χ1v) is 7.52. The van der Waals surface area contributed by atoms with Crippen molar-refractivity contribution in [2.75, 3.05) is 18.1 Å². The number of aromatic nitrogens is 4. The number of fused-ring (bicyclic) bond motifs is 1. The molecule has 0 aliphatic carbocycles. The Kier molecular flexibility index (Phi) is 3.50. The summed E-state index contributed by atoms with van der Waals surface area (Å²) < 4.78 is 1.47. The first kappa shape index (κ1) is 13.8. The Hall–Kier alpha value is -2.16. The molecule has 0 saturated carbocycles. The minimum absolute atomic E-state index is 0.329. The van der Waals surface area contributed by atoms with Crippen LogP contribution in [0.4, 0.5) is 0 Å². The van der Waals surface area contributed by atoms with Gasteiger partial charge in [0.25, 0.3) is 11.7 Å². The molecule has 2 aromatic rings. The second-order valence-electron chi connectivity index (χ2n) is 4.66. The van der Waals surface area contributed by atoms with Gasteiger partial charge in [-0.3, -0.25) is 4.79 Å². The summed E-state index contributed by atoms with van der Waals surface area (Å²) >= 11 is 1.54. The van der Waals surface area contributed by atoms with Crippen molar-refractivity contribution in [1.82, 2.24) is 24.5 Å². The van der Waals surface area contributed by atoms with Gasteiger partial charge in [0.1, 0.15) is 12.4 Å². The van der Waals surface area contributed by atoms with Crippen LogP contribution in [0.2, 0.25) is 0 Å². The van der Waals surface area contributed by atoms with E-state index in [-0.39, 0.29) is 5.91 Å². The molecule has 1 unspecified atom stereocenters. The summed E-state index contributed by atoms with van der Waals surface area (Å²) in [5.41, 5.74) is 0.955.